The molecule has 0 fully saturated rings. The maximum Gasteiger partial charge on any atom is 0.269 e. The Morgan fingerprint density at radius 2 is 1.85 bits per heavy atom. The summed E-state index contributed by atoms with van der Waals surface area (Å²) < 4.78 is 13.0. The van der Waals surface area contributed by atoms with Crippen molar-refractivity contribution in [3.8, 4) is 10.6 Å². The fourth-order valence-electron chi connectivity index (χ4n) is 2.29. The van der Waals surface area contributed by atoms with Gasteiger partial charge in [0.1, 0.15) is 10.8 Å². The predicted molar refractivity (Wildman–Crippen MR) is 96.6 cm³/mol. The van der Waals surface area contributed by atoms with E-state index in [0.29, 0.717) is 18.5 Å². The van der Waals surface area contributed by atoms with E-state index in [1.54, 1.807) is 12.1 Å². The quantitative estimate of drug-likeness (QED) is 0.527. The lowest BCUT2D eigenvalue weighted by Crippen LogP contribution is -2.25. The summed E-state index contributed by atoms with van der Waals surface area (Å²) in [6.07, 6.45) is 0.552. The number of thiazole rings is 1. The summed E-state index contributed by atoms with van der Waals surface area (Å²) in [6, 6.07) is 11.6. The number of aromatic nitrogens is 1. The summed E-state index contributed by atoms with van der Waals surface area (Å²) in [5, 5.41) is 16.1. The molecule has 0 aliphatic rings. The average molecular weight is 371 g/mol. The average Bonchev–Trinajstić information content (AvgIpc) is 3.11. The molecule has 0 saturated carbocycles. The molecule has 0 bridgehead atoms. The number of carbonyl (C=O) groups excluding carboxylic acids is 1. The van der Waals surface area contributed by atoms with Crippen LogP contribution in [0.4, 0.5) is 10.1 Å². The normalized spacial score (nSPS) is 10.5. The zero-order chi connectivity index (χ0) is 18.5. The third-order valence-electron chi connectivity index (χ3n) is 3.65. The minimum absolute atomic E-state index is 0.0580. The van der Waals surface area contributed by atoms with Crippen LogP contribution in [0, 0.1) is 15.9 Å². The molecule has 3 aromatic rings. The lowest BCUT2D eigenvalue weighted by Gasteiger charge is -2.04. The molecular weight excluding hydrogens is 357 g/mol. The molecular formula is C18H14FN3O3S. The number of nitro groups is 1. The van der Waals surface area contributed by atoms with Crippen LogP contribution < -0.4 is 5.32 Å². The van der Waals surface area contributed by atoms with Crippen LogP contribution in [0.5, 0.6) is 0 Å². The molecule has 0 saturated heterocycles. The van der Waals surface area contributed by atoms with E-state index in [9.17, 15) is 19.3 Å². The first-order valence-corrected chi connectivity index (χ1v) is 8.64. The molecule has 2 aromatic carbocycles. The summed E-state index contributed by atoms with van der Waals surface area (Å²) >= 11 is 1.46. The van der Waals surface area contributed by atoms with Crippen molar-refractivity contribution in [1.82, 2.24) is 10.3 Å². The van der Waals surface area contributed by atoms with Crippen molar-refractivity contribution in [3.05, 3.63) is 81.1 Å². The zero-order valence-electron chi connectivity index (χ0n) is 13.5. The summed E-state index contributed by atoms with van der Waals surface area (Å²) in [5.41, 5.74) is 1.98. The monoisotopic (exact) mass is 371 g/mol. The van der Waals surface area contributed by atoms with Crippen LogP contribution in [0.15, 0.2) is 53.9 Å². The van der Waals surface area contributed by atoms with Gasteiger partial charge in [0, 0.05) is 41.6 Å². The van der Waals surface area contributed by atoms with E-state index < -0.39 is 4.92 Å². The molecule has 132 valence electrons. The smallest absolute Gasteiger partial charge is 0.269 e. The van der Waals surface area contributed by atoms with Gasteiger partial charge in [-0.15, -0.1) is 11.3 Å². The molecule has 3 rings (SSSR count). The minimum Gasteiger partial charge on any atom is -0.352 e. The maximum atomic E-state index is 13.0. The molecule has 0 spiro atoms. The number of amides is 1. The molecule has 6 nitrogen and oxygen atoms in total. The molecule has 0 aliphatic heterocycles. The molecule has 0 radical (unpaired) electrons. The van der Waals surface area contributed by atoms with Gasteiger partial charge in [-0.1, -0.05) is 0 Å². The summed E-state index contributed by atoms with van der Waals surface area (Å²) in [6.45, 7) is 0.391. The van der Waals surface area contributed by atoms with Crippen molar-refractivity contribution in [1.29, 1.82) is 0 Å². The van der Waals surface area contributed by atoms with E-state index in [4.69, 9.17) is 0 Å². The molecule has 0 unspecified atom stereocenters. The van der Waals surface area contributed by atoms with E-state index >= 15 is 0 Å². The maximum absolute atomic E-state index is 13.0. The van der Waals surface area contributed by atoms with E-state index in [1.807, 2.05) is 5.38 Å². The van der Waals surface area contributed by atoms with Gasteiger partial charge in [-0.2, -0.15) is 0 Å². The topological polar surface area (TPSA) is 85.1 Å². The van der Waals surface area contributed by atoms with Gasteiger partial charge in [-0.05, 0) is 36.4 Å². The van der Waals surface area contributed by atoms with Gasteiger partial charge in [0.25, 0.3) is 11.6 Å². The predicted octanol–water partition coefficient (Wildman–Crippen LogP) is 3.83. The number of non-ortho nitro benzene ring substituents is 1. The number of rotatable bonds is 6. The van der Waals surface area contributed by atoms with Gasteiger partial charge in [0.2, 0.25) is 0 Å². The molecule has 1 heterocycles. The molecule has 0 atom stereocenters. The lowest BCUT2D eigenvalue weighted by molar-refractivity contribution is -0.384. The van der Waals surface area contributed by atoms with Crippen molar-refractivity contribution in [2.24, 2.45) is 0 Å². The highest BCUT2D eigenvalue weighted by atomic mass is 32.1. The van der Waals surface area contributed by atoms with Crippen LogP contribution in [0.2, 0.25) is 0 Å². The number of nitro benzene ring substituents is 1. The molecule has 26 heavy (non-hydrogen) atoms. The highest BCUT2D eigenvalue weighted by Gasteiger charge is 2.10. The molecule has 1 N–H and O–H groups in total. The van der Waals surface area contributed by atoms with E-state index in [1.165, 1.54) is 47.7 Å². The van der Waals surface area contributed by atoms with Crippen molar-refractivity contribution in [2.75, 3.05) is 6.54 Å². The number of hydrogen-bond donors (Lipinski definition) is 1. The largest absolute Gasteiger partial charge is 0.352 e. The number of halogens is 1. The Labute approximate surface area is 152 Å². The van der Waals surface area contributed by atoms with Crippen LogP contribution in [0.1, 0.15) is 16.1 Å². The first kappa shape index (κ1) is 17.7. The highest BCUT2D eigenvalue weighted by Crippen LogP contribution is 2.24. The van der Waals surface area contributed by atoms with Crippen LogP contribution in [0.25, 0.3) is 10.6 Å². The lowest BCUT2D eigenvalue weighted by atomic mass is 10.2. The van der Waals surface area contributed by atoms with Gasteiger partial charge in [-0.3, -0.25) is 14.9 Å². The number of nitrogens with zero attached hydrogens (tertiary/aromatic N) is 2. The number of hydrogen-bond acceptors (Lipinski definition) is 5. The fraction of sp³-hybridized carbons (Fsp3) is 0.111. The van der Waals surface area contributed by atoms with E-state index in [0.717, 1.165) is 16.3 Å². The Morgan fingerprint density at radius 3 is 2.50 bits per heavy atom. The van der Waals surface area contributed by atoms with Crippen LogP contribution in [-0.2, 0) is 6.42 Å². The second kappa shape index (κ2) is 7.83. The number of benzene rings is 2. The van der Waals surface area contributed by atoms with Crippen LogP contribution >= 0.6 is 11.3 Å². The van der Waals surface area contributed by atoms with Crippen LogP contribution in [-0.4, -0.2) is 22.4 Å². The van der Waals surface area contributed by atoms with Crippen molar-refractivity contribution in [3.63, 3.8) is 0 Å². The van der Waals surface area contributed by atoms with Gasteiger partial charge >= 0.3 is 0 Å². The first-order valence-electron chi connectivity index (χ1n) is 7.76. The van der Waals surface area contributed by atoms with Gasteiger partial charge in [0.05, 0.1) is 10.6 Å². The Kier molecular flexibility index (Phi) is 5.33. The third kappa shape index (κ3) is 4.28. The summed E-state index contributed by atoms with van der Waals surface area (Å²) in [5.74, 6) is -0.589. The van der Waals surface area contributed by atoms with E-state index in [2.05, 4.69) is 10.3 Å². The molecule has 8 heteroatoms. The number of nitrogens with one attached hydrogen (secondary N) is 1. The summed E-state index contributed by atoms with van der Waals surface area (Å²) in [4.78, 5) is 26.6. The van der Waals surface area contributed by atoms with Crippen molar-refractivity contribution in [2.45, 2.75) is 6.42 Å². The first-order chi connectivity index (χ1) is 12.5. The van der Waals surface area contributed by atoms with Crippen LogP contribution in [0.3, 0.4) is 0 Å². The molecule has 1 aromatic heterocycles. The zero-order valence-corrected chi connectivity index (χ0v) is 14.3. The van der Waals surface area contributed by atoms with Crippen molar-refractivity contribution >= 4 is 22.9 Å². The Bertz CT molecular complexity index is 924. The Hall–Kier alpha value is -3.13. The number of carbonyl (C=O) groups is 1. The second-order valence-electron chi connectivity index (χ2n) is 5.46. The Balaban J connectivity index is 1.54. The third-order valence-corrected chi connectivity index (χ3v) is 4.59. The van der Waals surface area contributed by atoms with E-state index in [-0.39, 0.29) is 17.4 Å². The minimum atomic E-state index is -0.511. The SMILES string of the molecule is O=C(NCCc1csc(-c2ccc(F)cc2)n1)c1ccc([N+](=O)[O-])cc1. The van der Waals surface area contributed by atoms with Gasteiger partial charge < -0.3 is 5.32 Å². The molecule has 1 amide bonds. The standard InChI is InChI=1S/C18H14FN3O3S/c19-14-5-1-13(2-6-14)18-21-15(11-26-18)9-10-20-17(23)12-3-7-16(8-4-12)22(24)25/h1-8,11H,9-10H2,(H,20,23). The highest BCUT2D eigenvalue weighted by molar-refractivity contribution is 7.13. The van der Waals surface area contributed by atoms with Gasteiger partial charge in [0.15, 0.2) is 0 Å². The fourth-order valence-corrected chi connectivity index (χ4v) is 3.15. The summed E-state index contributed by atoms with van der Waals surface area (Å²) in [7, 11) is 0. The second-order valence-corrected chi connectivity index (χ2v) is 6.32. The van der Waals surface area contributed by atoms with Crippen molar-refractivity contribution < 1.29 is 14.1 Å². The molecule has 0 aliphatic carbocycles. The Morgan fingerprint density at radius 1 is 1.15 bits per heavy atom. The van der Waals surface area contributed by atoms with Gasteiger partial charge in [-0.25, -0.2) is 9.37 Å².